The van der Waals surface area contributed by atoms with E-state index in [1.54, 1.807) is 23.9 Å². The lowest BCUT2D eigenvalue weighted by atomic mass is 9.93. The number of rotatable bonds is 9. The highest BCUT2D eigenvalue weighted by molar-refractivity contribution is 6.03. The van der Waals surface area contributed by atoms with Crippen molar-refractivity contribution in [3.8, 4) is 11.5 Å². The van der Waals surface area contributed by atoms with Gasteiger partial charge in [-0.05, 0) is 43.5 Å². The van der Waals surface area contributed by atoms with E-state index >= 15 is 0 Å². The summed E-state index contributed by atoms with van der Waals surface area (Å²) in [5.41, 5.74) is 2.25. The Balaban J connectivity index is 1.38. The molecule has 0 bridgehead atoms. The first-order chi connectivity index (χ1) is 16.9. The summed E-state index contributed by atoms with van der Waals surface area (Å²) in [5.74, 6) is -0.0637. The van der Waals surface area contributed by atoms with Crippen LogP contribution in [0.1, 0.15) is 50.3 Å². The lowest BCUT2D eigenvalue weighted by molar-refractivity contribution is -0.134. The predicted molar refractivity (Wildman–Crippen MR) is 130 cm³/mol. The highest BCUT2D eigenvalue weighted by Gasteiger charge is 2.32. The van der Waals surface area contributed by atoms with Crippen molar-refractivity contribution in [3.05, 3.63) is 53.7 Å². The van der Waals surface area contributed by atoms with Crippen LogP contribution < -0.4 is 20.1 Å². The maximum absolute atomic E-state index is 12.4. The number of hydrogen-bond donors (Lipinski definition) is 2. The number of benzene rings is 2. The molecule has 2 atom stereocenters. The third-order valence-corrected chi connectivity index (χ3v) is 6.11. The molecule has 2 heterocycles. The topological polar surface area (TPSA) is 112 Å². The standard InChI is InChI=1S/C26H30N4O5/c1-4-16(2)35-18-10-8-17(9-11-18)14-27-23(32)15-34-21-7-5-6-19-24(29-30(3)25(19)21)20-12-13-22(31)28-26(20)33/h5-11,16,20H,4,12-15H2,1-3H3,(H,27,32)(H,28,31,33). The first kappa shape index (κ1) is 24.3. The van der Waals surface area contributed by atoms with E-state index in [1.807, 2.05) is 37.3 Å². The fraction of sp³-hybridized carbons (Fsp3) is 0.385. The molecule has 9 heteroatoms. The van der Waals surface area contributed by atoms with Gasteiger partial charge in [-0.1, -0.05) is 31.2 Å². The number of ether oxygens (including phenoxy) is 2. The van der Waals surface area contributed by atoms with Crippen molar-refractivity contribution < 1.29 is 23.9 Å². The van der Waals surface area contributed by atoms with Gasteiger partial charge < -0.3 is 14.8 Å². The Bertz CT molecular complexity index is 1230. The Morgan fingerprint density at radius 1 is 1.23 bits per heavy atom. The molecule has 2 N–H and O–H groups in total. The van der Waals surface area contributed by atoms with Gasteiger partial charge in [-0.2, -0.15) is 5.10 Å². The third kappa shape index (κ3) is 5.62. The number of imide groups is 1. The lowest BCUT2D eigenvalue weighted by Gasteiger charge is -2.19. The van der Waals surface area contributed by atoms with Gasteiger partial charge in [-0.25, -0.2) is 0 Å². The number of nitrogens with zero attached hydrogens (tertiary/aromatic N) is 2. The molecule has 1 aromatic heterocycles. The van der Waals surface area contributed by atoms with Crippen LogP contribution in [0.3, 0.4) is 0 Å². The molecule has 0 spiro atoms. The maximum Gasteiger partial charge on any atom is 0.258 e. The molecule has 35 heavy (non-hydrogen) atoms. The van der Waals surface area contributed by atoms with E-state index in [0.717, 1.165) is 23.1 Å². The summed E-state index contributed by atoms with van der Waals surface area (Å²) >= 11 is 0. The second-order valence-corrected chi connectivity index (χ2v) is 8.71. The quantitative estimate of drug-likeness (QED) is 0.458. The summed E-state index contributed by atoms with van der Waals surface area (Å²) < 4.78 is 13.2. The Morgan fingerprint density at radius 2 is 2.00 bits per heavy atom. The molecule has 184 valence electrons. The normalized spacial score (nSPS) is 16.6. The average molecular weight is 479 g/mol. The number of para-hydroxylation sites is 1. The smallest absolute Gasteiger partial charge is 0.258 e. The molecule has 0 radical (unpaired) electrons. The summed E-state index contributed by atoms with van der Waals surface area (Å²) in [6.07, 6.45) is 1.78. The number of piperidine rings is 1. The van der Waals surface area contributed by atoms with E-state index in [-0.39, 0.29) is 36.9 Å². The van der Waals surface area contributed by atoms with E-state index in [9.17, 15) is 14.4 Å². The summed E-state index contributed by atoms with van der Waals surface area (Å²) in [6, 6.07) is 13.1. The van der Waals surface area contributed by atoms with Gasteiger partial charge in [0.1, 0.15) is 17.0 Å². The van der Waals surface area contributed by atoms with Gasteiger partial charge in [0.05, 0.1) is 17.7 Å². The van der Waals surface area contributed by atoms with Crippen LogP contribution in [0.5, 0.6) is 11.5 Å². The largest absolute Gasteiger partial charge is 0.491 e. The molecular formula is C26H30N4O5. The molecule has 1 aliphatic rings. The highest BCUT2D eigenvalue weighted by atomic mass is 16.5. The first-order valence-electron chi connectivity index (χ1n) is 11.8. The molecule has 1 fully saturated rings. The Hall–Kier alpha value is -3.88. The molecule has 3 aromatic rings. The van der Waals surface area contributed by atoms with Crippen molar-refractivity contribution in [2.45, 2.75) is 51.7 Å². The van der Waals surface area contributed by atoms with Crippen LogP contribution in [-0.2, 0) is 28.0 Å². The zero-order valence-electron chi connectivity index (χ0n) is 20.2. The van der Waals surface area contributed by atoms with Crippen molar-refractivity contribution in [1.29, 1.82) is 0 Å². The van der Waals surface area contributed by atoms with Crippen LogP contribution in [0.2, 0.25) is 0 Å². The summed E-state index contributed by atoms with van der Waals surface area (Å²) in [5, 5.41) is 10.5. The van der Waals surface area contributed by atoms with Gasteiger partial charge in [0, 0.05) is 25.4 Å². The minimum absolute atomic E-state index is 0.154. The van der Waals surface area contributed by atoms with Crippen molar-refractivity contribution in [1.82, 2.24) is 20.4 Å². The molecule has 0 saturated carbocycles. The highest BCUT2D eigenvalue weighted by Crippen LogP contribution is 2.34. The summed E-state index contributed by atoms with van der Waals surface area (Å²) in [4.78, 5) is 36.3. The average Bonchev–Trinajstić information content (AvgIpc) is 3.19. The molecule has 9 nitrogen and oxygen atoms in total. The number of aryl methyl sites for hydroxylation is 1. The maximum atomic E-state index is 12.4. The van der Waals surface area contributed by atoms with Gasteiger partial charge in [0.25, 0.3) is 5.91 Å². The first-order valence-corrected chi connectivity index (χ1v) is 11.8. The molecule has 1 aliphatic heterocycles. The minimum atomic E-state index is -0.503. The lowest BCUT2D eigenvalue weighted by Crippen LogP contribution is -2.39. The van der Waals surface area contributed by atoms with Gasteiger partial charge in [0.2, 0.25) is 11.8 Å². The van der Waals surface area contributed by atoms with E-state index in [4.69, 9.17) is 9.47 Å². The van der Waals surface area contributed by atoms with Gasteiger partial charge in [0.15, 0.2) is 6.61 Å². The summed E-state index contributed by atoms with van der Waals surface area (Å²) in [6.45, 7) is 4.31. The molecule has 1 saturated heterocycles. The second-order valence-electron chi connectivity index (χ2n) is 8.71. The Kier molecular flexibility index (Phi) is 7.33. The van der Waals surface area contributed by atoms with E-state index in [2.05, 4.69) is 22.7 Å². The SMILES string of the molecule is CCC(C)Oc1ccc(CNC(=O)COc2cccc3c(C4CCC(=O)NC4=O)nn(C)c23)cc1. The zero-order valence-corrected chi connectivity index (χ0v) is 20.2. The number of amides is 3. The molecule has 2 unspecified atom stereocenters. The monoisotopic (exact) mass is 478 g/mol. The minimum Gasteiger partial charge on any atom is -0.491 e. The number of nitrogens with one attached hydrogen (secondary N) is 2. The van der Waals surface area contributed by atoms with E-state index in [1.165, 1.54) is 0 Å². The van der Waals surface area contributed by atoms with Gasteiger partial charge in [-0.3, -0.25) is 24.4 Å². The number of carbonyl (C=O) groups excluding carboxylic acids is 3. The van der Waals surface area contributed by atoms with Crippen LogP contribution in [0.25, 0.3) is 10.9 Å². The van der Waals surface area contributed by atoms with Crippen molar-refractivity contribution >= 4 is 28.6 Å². The van der Waals surface area contributed by atoms with Gasteiger partial charge in [-0.15, -0.1) is 0 Å². The van der Waals surface area contributed by atoms with Gasteiger partial charge >= 0.3 is 0 Å². The van der Waals surface area contributed by atoms with Crippen molar-refractivity contribution in [3.63, 3.8) is 0 Å². The molecule has 4 rings (SSSR count). The number of aromatic nitrogens is 2. The molecular weight excluding hydrogens is 448 g/mol. The second kappa shape index (κ2) is 10.6. The van der Waals surface area contributed by atoms with Crippen molar-refractivity contribution in [2.75, 3.05) is 6.61 Å². The fourth-order valence-electron chi connectivity index (χ4n) is 4.05. The predicted octanol–water partition coefficient (Wildman–Crippen LogP) is 2.97. The van der Waals surface area contributed by atoms with E-state index in [0.29, 0.717) is 29.9 Å². The van der Waals surface area contributed by atoms with Crippen LogP contribution in [0, 0.1) is 0 Å². The number of carbonyl (C=O) groups is 3. The Labute approximate surface area is 203 Å². The van der Waals surface area contributed by atoms with Crippen LogP contribution in [-0.4, -0.2) is 40.2 Å². The van der Waals surface area contributed by atoms with E-state index < -0.39 is 5.92 Å². The molecule has 3 amide bonds. The molecule has 2 aromatic carbocycles. The van der Waals surface area contributed by atoms with Crippen LogP contribution in [0.4, 0.5) is 0 Å². The third-order valence-electron chi connectivity index (χ3n) is 6.11. The number of hydrogen-bond acceptors (Lipinski definition) is 6. The summed E-state index contributed by atoms with van der Waals surface area (Å²) in [7, 11) is 1.76. The van der Waals surface area contributed by atoms with Crippen LogP contribution >= 0.6 is 0 Å². The molecule has 0 aliphatic carbocycles. The fourth-order valence-corrected chi connectivity index (χ4v) is 4.05. The van der Waals surface area contributed by atoms with Crippen molar-refractivity contribution in [2.24, 2.45) is 7.05 Å². The number of fused-ring (bicyclic) bond motifs is 1. The van der Waals surface area contributed by atoms with Crippen LogP contribution in [0.15, 0.2) is 42.5 Å². The zero-order chi connectivity index (χ0) is 24.9. The Morgan fingerprint density at radius 3 is 2.71 bits per heavy atom.